The van der Waals surface area contributed by atoms with Crippen molar-refractivity contribution in [2.45, 2.75) is 39.5 Å². The molecular weight excluding hydrogens is 240 g/mol. The zero-order chi connectivity index (χ0) is 14.2. The zero-order valence-corrected chi connectivity index (χ0v) is 12.1. The lowest BCUT2D eigenvalue weighted by Crippen LogP contribution is -2.21. The Kier molecular flexibility index (Phi) is 3.68. The molecule has 1 N–H and O–H groups in total. The smallest absolute Gasteiger partial charge is 0.171 e. The molecule has 0 unspecified atom stereocenters. The fourth-order valence-corrected chi connectivity index (χ4v) is 2.46. The number of methoxy groups -OCH3 is 1. The van der Waals surface area contributed by atoms with Gasteiger partial charge in [-0.05, 0) is 48.9 Å². The Morgan fingerprint density at radius 1 is 1.42 bits per heavy atom. The number of aryl methyl sites for hydroxylation is 1. The van der Waals surface area contributed by atoms with Crippen molar-refractivity contribution in [2.75, 3.05) is 13.7 Å². The van der Waals surface area contributed by atoms with E-state index < -0.39 is 5.41 Å². The van der Waals surface area contributed by atoms with Crippen LogP contribution in [0.5, 0.6) is 5.75 Å². The number of carbonyl (C=O) groups is 1. The van der Waals surface area contributed by atoms with Crippen LogP contribution in [0.3, 0.4) is 0 Å². The summed E-state index contributed by atoms with van der Waals surface area (Å²) in [7, 11) is 1.65. The number of carbonyl (C=O) groups excluding carboxylic acids is 1. The van der Waals surface area contributed by atoms with Crippen LogP contribution in [0.15, 0.2) is 12.1 Å². The predicted molar refractivity (Wildman–Crippen MR) is 74.9 cm³/mol. The van der Waals surface area contributed by atoms with Crippen molar-refractivity contribution in [3.05, 3.63) is 28.8 Å². The molecule has 1 aliphatic rings. The minimum Gasteiger partial charge on any atom is -0.496 e. The SMILES string of the molecule is COc1cc(C)c(C(=O)C2(CO)CC2)cc1C(C)C. The molecule has 0 amide bonds. The summed E-state index contributed by atoms with van der Waals surface area (Å²) in [6.45, 7) is 6.04. The van der Waals surface area contributed by atoms with E-state index in [2.05, 4.69) is 13.8 Å². The monoisotopic (exact) mass is 262 g/mol. The van der Waals surface area contributed by atoms with E-state index in [0.29, 0.717) is 5.92 Å². The van der Waals surface area contributed by atoms with Gasteiger partial charge in [0.2, 0.25) is 0 Å². The van der Waals surface area contributed by atoms with Gasteiger partial charge in [-0.2, -0.15) is 0 Å². The van der Waals surface area contributed by atoms with Crippen molar-refractivity contribution in [2.24, 2.45) is 5.41 Å². The molecular formula is C16H22O3. The highest BCUT2D eigenvalue weighted by Crippen LogP contribution is 2.48. The summed E-state index contributed by atoms with van der Waals surface area (Å²) in [5.74, 6) is 1.21. The fraction of sp³-hybridized carbons (Fsp3) is 0.562. The van der Waals surface area contributed by atoms with Gasteiger partial charge in [0, 0.05) is 5.56 Å². The van der Waals surface area contributed by atoms with Crippen molar-refractivity contribution >= 4 is 5.78 Å². The molecule has 104 valence electrons. The lowest BCUT2D eigenvalue weighted by Gasteiger charge is -2.18. The summed E-state index contributed by atoms with van der Waals surface area (Å²) >= 11 is 0. The maximum atomic E-state index is 12.6. The Bertz CT molecular complexity index is 499. The number of Topliss-reactive ketones (excluding diaryl/α,β-unsaturated/α-hetero) is 1. The molecule has 0 radical (unpaired) electrons. The first-order valence-electron chi connectivity index (χ1n) is 6.79. The van der Waals surface area contributed by atoms with Crippen LogP contribution in [0.1, 0.15) is 54.1 Å². The number of benzene rings is 1. The van der Waals surface area contributed by atoms with Crippen molar-refractivity contribution in [1.29, 1.82) is 0 Å². The van der Waals surface area contributed by atoms with Crippen molar-refractivity contribution in [1.82, 2.24) is 0 Å². The molecule has 3 heteroatoms. The van der Waals surface area contributed by atoms with Gasteiger partial charge in [0.05, 0.1) is 19.1 Å². The minimum atomic E-state index is -0.506. The zero-order valence-electron chi connectivity index (χ0n) is 12.1. The summed E-state index contributed by atoms with van der Waals surface area (Å²) in [5, 5.41) is 9.41. The molecule has 0 atom stereocenters. The molecule has 19 heavy (non-hydrogen) atoms. The van der Waals surface area contributed by atoms with Gasteiger partial charge in [-0.15, -0.1) is 0 Å². The standard InChI is InChI=1S/C16H22O3/c1-10(2)12-8-13(11(3)7-14(12)19-4)15(18)16(9-17)5-6-16/h7-8,10,17H,5-6,9H2,1-4H3. The van der Waals surface area contributed by atoms with Crippen LogP contribution >= 0.6 is 0 Å². The molecule has 0 spiro atoms. The van der Waals surface area contributed by atoms with E-state index >= 15 is 0 Å². The molecule has 1 aromatic rings. The largest absolute Gasteiger partial charge is 0.496 e. The average molecular weight is 262 g/mol. The number of ketones is 1. The second-order valence-corrected chi connectivity index (χ2v) is 5.83. The maximum Gasteiger partial charge on any atom is 0.171 e. The van der Waals surface area contributed by atoms with E-state index in [-0.39, 0.29) is 12.4 Å². The number of rotatable bonds is 5. The number of ether oxygens (including phenoxy) is 1. The van der Waals surface area contributed by atoms with E-state index in [0.717, 1.165) is 35.3 Å². The number of aliphatic hydroxyl groups is 1. The number of hydrogen-bond acceptors (Lipinski definition) is 3. The number of hydrogen-bond donors (Lipinski definition) is 1. The average Bonchev–Trinajstić information content (AvgIpc) is 3.18. The molecule has 1 fully saturated rings. The van der Waals surface area contributed by atoms with Crippen LogP contribution in [0.4, 0.5) is 0 Å². The molecule has 3 nitrogen and oxygen atoms in total. The van der Waals surface area contributed by atoms with Crippen LogP contribution in [0, 0.1) is 12.3 Å². The predicted octanol–water partition coefficient (Wildman–Crippen LogP) is 3.08. The quantitative estimate of drug-likeness (QED) is 0.829. The third-order valence-electron chi connectivity index (χ3n) is 4.08. The lowest BCUT2D eigenvalue weighted by molar-refractivity contribution is 0.0829. The normalized spacial score (nSPS) is 16.5. The summed E-state index contributed by atoms with van der Waals surface area (Å²) in [5.41, 5.74) is 2.19. The second-order valence-electron chi connectivity index (χ2n) is 5.83. The lowest BCUT2D eigenvalue weighted by atomic mass is 9.89. The van der Waals surface area contributed by atoms with Gasteiger partial charge in [0.1, 0.15) is 5.75 Å². The Balaban J connectivity index is 2.46. The Morgan fingerprint density at radius 3 is 2.47 bits per heavy atom. The summed E-state index contributed by atoms with van der Waals surface area (Å²) in [6, 6.07) is 3.87. The first-order chi connectivity index (χ1) is 8.95. The van der Waals surface area contributed by atoms with E-state index in [1.54, 1.807) is 7.11 Å². The van der Waals surface area contributed by atoms with Crippen molar-refractivity contribution < 1.29 is 14.6 Å². The Labute approximate surface area is 114 Å². The molecule has 1 aromatic carbocycles. The Morgan fingerprint density at radius 2 is 2.05 bits per heavy atom. The number of aliphatic hydroxyl groups excluding tert-OH is 1. The molecule has 2 rings (SSSR count). The van der Waals surface area contributed by atoms with Gasteiger partial charge in [-0.1, -0.05) is 13.8 Å². The summed E-state index contributed by atoms with van der Waals surface area (Å²) < 4.78 is 5.39. The molecule has 1 aliphatic carbocycles. The van der Waals surface area contributed by atoms with Gasteiger partial charge in [0.25, 0.3) is 0 Å². The highest BCUT2D eigenvalue weighted by Gasteiger charge is 2.49. The molecule has 1 saturated carbocycles. The third kappa shape index (κ3) is 2.39. The van der Waals surface area contributed by atoms with Gasteiger partial charge in [-0.3, -0.25) is 4.79 Å². The highest BCUT2D eigenvalue weighted by molar-refractivity contribution is 6.03. The molecule has 0 bridgehead atoms. The van der Waals surface area contributed by atoms with E-state index in [4.69, 9.17) is 4.74 Å². The summed E-state index contributed by atoms with van der Waals surface area (Å²) in [4.78, 5) is 12.6. The van der Waals surface area contributed by atoms with Gasteiger partial charge in [0.15, 0.2) is 5.78 Å². The summed E-state index contributed by atoms with van der Waals surface area (Å²) in [6.07, 6.45) is 1.59. The maximum absolute atomic E-state index is 12.6. The molecule has 0 aliphatic heterocycles. The van der Waals surface area contributed by atoms with E-state index in [9.17, 15) is 9.90 Å². The first-order valence-corrected chi connectivity index (χ1v) is 6.79. The van der Waals surface area contributed by atoms with E-state index in [1.165, 1.54) is 0 Å². The van der Waals surface area contributed by atoms with Crippen LogP contribution in [-0.2, 0) is 0 Å². The third-order valence-corrected chi connectivity index (χ3v) is 4.08. The topological polar surface area (TPSA) is 46.5 Å². The first kappa shape index (κ1) is 14.1. The van der Waals surface area contributed by atoms with Crippen LogP contribution in [-0.4, -0.2) is 24.6 Å². The Hall–Kier alpha value is -1.35. The van der Waals surface area contributed by atoms with E-state index in [1.807, 2.05) is 19.1 Å². The van der Waals surface area contributed by atoms with Crippen LogP contribution in [0.25, 0.3) is 0 Å². The van der Waals surface area contributed by atoms with Gasteiger partial charge >= 0.3 is 0 Å². The van der Waals surface area contributed by atoms with Gasteiger partial charge < -0.3 is 9.84 Å². The van der Waals surface area contributed by atoms with Gasteiger partial charge in [-0.25, -0.2) is 0 Å². The highest BCUT2D eigenvalue weighted by atomic mass is 16.5. The van der Waals surface area contributed by atoms with Crippen LogP contribution < -0.4 is 4.74 Å². The van der Waals surface area contributed by atoms with Crippen molar-refractivity contribution in [3.8, 4) is 5.75 Å². The second kappa shape index (κ2) is 4.97. The van der Waals surface area contributed by atoms with Crippen molar-refractivity contribution in [3.63, 3.8) is 0 Å². The molecule has 0 heterocycles. The fourth-order valence-electron chi connectivity index (χ4n) is 2.46. The minimum absolute atomic E-state index is 0.0473. The molecule has 0 saturated heterocycles. The molecule has 0 aromatic heterocycles. The van der Waals surface area contributed by atoms with Crippen LogP contribution in [0.2, 0.25) is 0 Å².